The third-order valence-corrected chi connectivity index (χ3v) is 8.51. The standard InChI is InChI=1S/C25H26N4O3S2/c30-22(15-21-24(32)28-25(34-21)29-12-3-4-13-29)26-17-9-7-16(8-10-17)23(31)27-19-11-14-33-20-6-2-1-5-18(19)20/h1-2,5-10,19,21H,3-4,11-15H2,(H,26,30)(H,27,31)/t19-,21+/m0/s1. The largest absolute Gasteiger partial charge is 0.351 e. The van der Waals surface area contributed by atoms with Gasteiger partial charge in [-0.1, -0.05) is 30.0 Å². The molecule has 34 heavy (non-hydrogen) atoms. The van der Waals surface area contributed by atoms with E-state index >= 15 is 0 Å². The molecule has 2 aromatic carbocycles. The lowest BCUT2D eigenvalue weighted by molar-refractivity contribution is -0.121. The van der Waals surface area contributed by atoms with Crippen molar-refractivity contribution in [3.8, 4) is 0 Å². The summed E-state index contributed by atoms with van der Waals surface area (Å²) in [5.74, 6) is 0.359. The highest BCUT2D eigenvalue weighted by molar-refractivity contribution is 8.15. The molecule has 3 aliphatic rings. The Morgan fingerprint density at radius 2 is 1.82 bits per heavy atom. The Morgan fingerprint density at radius 1 is 1.06 bits per heavy atom. The predicted octanol–water partition coefficient (Wildman–Crippen LogP) is 4.08. The van der Waals surface area contributed by atoms with Gasteiger partial charge in [-0.2, -0.15) is 4.99 Å². The zero-order chi connectivity index (χ0) is 23.5. The molecule has 1 fully saturated rings. The monoisotopic (exact) mass is 494 g/mol. The van der Waals surface area contributed by atoms with Crippen molar-refractivity contribution in [1.29, 1.82) is 0 Å². The zero-order valence-electron chi connectivity index (χ0n) is 18.7. The van der Waals surface area contributed by atoms with E-state index in [1.54, 1.807) is 24.3 Å². The van der Waals surface area contributed by atoms with Gasteiger partial charge in [-0.05, 0) is 55.2 Å². The Hall–Kier alpha value is -2.78. The average Bonchev–Trinajstić information content (AvgIpc) is 3.50. The smallest absolute Gasteiger partial charge is 0.262 e. The molecular formula is C25H26N4O3S2. The first-order valence-corrected chi connectivity index (χ1v) is 13.4. The molecule has 0 aliphatic carbocycles. The molecular weight excluding hydrogens is 468 g/mol. The minimum atomic E-state index is -0.475. The fraction of sp³-hybridized carbons (Fsp3) is 0.360. The molecule has 3 aliphatic heterocycles. The molecule has 0 spiro atoms. The topological polar surface area (TPSA) is 90.9 Å². The molecule has 176 valence electrons. The van der Waals surface area contributed by atoms with Crippen LogP contribution in [0.1, 0.15) is 47.6 Å². The molecule has 9 heteroatoms. The highest BCUT2D eigenvalue weighted by atomic mass is 32.2. The van der Waals surface area contributed by atoms with Gasteiger partial charge in [0.1, 0.15) is 5.25 Å². The Labute approximate surface area is 207 Å². The number of aliphatic imine (C=N–C) groups is 1. The van der Waals surface area contributed by atoms with Crippen molar-refractivity contribution >= 4 is 52.1 Å². The van der Waals surface area contributed by atoms with E-state index in [9.17, 15) is 14.4 Å². The van der Waals surface area contributed by atoms with Crippen LogP contribution in [-0.4, -0.2) is 51.9 Å². The number of carbonyl (C=O) groups is 3. The number of hydrogen-bond donors (Lipinski definition) is 2. The van der Waals surface area contributed by atoms with Gasteiger partial charge in [0.05, 0.1) is 6.04 Å². The maximum absolute atomic E-state index is 12.8. The fourth-order valence-corrected chi connectivity index (χ4v) is 6.61. The molecule has 2 atom stereocenters. The van der Waals surface area contributed by atoms with Crippen molar-refractivity contribution < 1.29 is 14.4 Å². The lowest BCUT2D eigenvalue weighted by atomic mass is 10.0. The number of carbonyl (C=O) groups excluding carboxylic acids is 3. The zero-order valence-corrected chi connectivity index (χ0v) is 20.3. The number of rotatable bonds is 5. The minimum Gasteiger partial charge on any atom is -0.351 e. The van der Waals surface area contributed by atoms with E-state index < -0.39 is 5.25 Å². The van der Waals surface area contributed by atoms with Gasteiger partial charge in [0.25, 0.3) is 11.8 Å². The Balaban J connectivity index is 1.14. The number of hydrogen-bond acceptors (Lipinski definition) is 6. The van der Waals surface area contributed by atoms with Crippen molar-refractivity contribution in [1.82, 2.24) is 10.2 Å². The third-order valence-electron chi connectivity index (χ3n) is 6.17. The summed E-state index contributed by atoms with van der Waals surface area (Å²) in [6.07, 6.45) is 3.19. The summed E-state index contributed by atoms with van der Waals surface area (Å²) in [6.45, 7) is 1.84. The van der Waals surface area contributed by atoms with E-state index in [2.05, 4.69) is 32.7 Å². The first-order chi connectivity index (χ1) is 16.6. The minimum absolute atomic E-state index is 0.00144. The van der Waals surface area contributed by atoms with Crippen LogP contribution in [0.5, 0.6) is 0 Å². The SMILES string of the molecule is O=C(C[C@H]1SC(N2CCCC2)=NC1=O)Nc1ccc(C(=O)N[C@H]2CCSc3ccccc32)cc1. The average molecular weight is 495 g/mol. The summed E-state index contributed by atoms with van der Waals surface area (Å²) in [6, 6.07) is 15.0. The van der Waals surface area contributed by atoms with Gasteiger partial charge in [0.15, 0.2) is 5.17 Å². The second kappa shape index (κ2) is 10.2. The van der Waals surface area contributed by atoms with Gasteiger partial charge in [-0.25, -0.2) is 0 Å². The number of likely N-dealkylation sites (tertiary alicyclic amines) is 1. The second-order valence-corrected chi connectivity index (χ2v) is 10.9. The summed E-state index contributed by atoms with van der Waals surface area (Å²) in [5.41, 5.74) is 2.29. The molecule has 3 heterocycles. The van der Waals surface area contributed by atoms with Gasteiger partial charge in [-0.15, -0.1) is 11.8 Å². The van der Waals surface area contributed by atoms with Gasteiger partial charge in [0.2, 0.25) is 5.91 Å². The molecule has 2 aromatic rings. The molecule has 0 unspecified atom stereocenters. The lowest BCUT2D eigenvalue weighted by Crippen LogP contribution is -2.30. The van der Waals surface area contributed by atoms with Crippen LogP contribution in [0.25, 0.3) is 0 Å². The second-order valence-electron chi connectivity index (χ2n) is 8.56. The van der Waals surface area contributed by atoms with Crippen LogP contribution in [0.4, 0.5) is 5.69 Å². The van der Waals surface area contributed by atoms with Crippen molar-refractivity contribution in [3.63, 3.8) is 0 Å². The molecule has 5 rings (SSSR count). The van der Waals surface area contributed by atoms with E-state index in [-0.39, 0.29) is 30.2 Å². The highest BCUT2D eigenvalue weighted by Crippen LogP contribution is 2.36. The number of nitrogens with one attached hydrogen (secondary N) is 2. The first kappa shape index (κ1) is 23.0. The first-order valence-electron chi connectivity index (χ1n) is 11.5. The van der Waals surface area contributed by atoms with E-state index in [0.29, 0.717) is 11.3 Å². The molecule has 0 radical (unpaired) electrons. The van der Waals surface area contributed by atoms with Crippen molar-refractivity contribution in [2.45, 2.75) is 41.9 Å². The fourth-order valence-electron chi connectivity index (χ4n) is 4.37. The summed E-state index contributed by atoms with van der Waals surface area (Å²) < 4.78 is 0. The number of amides is 3. The third kappa shape index (κ3) is 5.15. The molecule has 0 saturated carbocycles. The maximum atomic E-state index is 12.8. The molecule has 0 bridgehead atoms. The van der Waals surface area contributed by atoms with Crippen LogP contribution < -0.4 is 10.6 Å². The number of amidine groups is 1. The van der Waals surface area contributed by atoms with E-state index in [1.807, 2.05) is 23.9 Å². The van der Waals surface area contributed by atoms with E-state index in [4.69, 9.17) is 0 Å². The van der Waals surface area contributed by atoms with Gasteiger partial charge >= 0.3 is 0 Å². The van der Waals surface area contributed by atoms with Crippen LogP contribution in [0, 0.1) is 0 Å². The van der Waals surface area contributed by atoms with Crippen LogP contribution in [0.2, 0.25) is 0 Å². The molecule has 7 nitrogen and oxygen atoms in total. The molecule has 3 amide bonds. The van der Waals surface area contributed by atoms with E-state index in [1.165, 1.54) is 16.7 Å². The summed E-state index contributed by atoms with van der Waals surface area (Å²) in [7, 11) is 0. The number of thioether (sulfide) groups is 2. The highest BCUT2D eigenvalue weighted by Gasteiger charge is 2.33. The molecule has 0 aromatic heterocycles. The molecule has 2 N–H and O–H groups in total. The van der Waals surface area contributed by atoms with Crippen molar-refractivity contribution in [3.05, 3.63) is 59.7 Å². The van der Waals surface area contributed by atoms with Crippen LogP contribution in [0.15, 0.2) is 58.4 Å². The predicted molar refractivity (Wildman–Crippen MR) is 136 cm³/mol. The quantitative estimate of drug-likeness (QED) is 0.651. The van der Waals surface area contributed by atoms with Crippen molar-refractivity contribution in [2.24, 2.45) is 4.99 Å². The Bertz CT molecular complexity index is 1130. The van der Waals surface area contributed by atoms with Crippen LogP contribution in [-0.2, 0) is 9.59 Å². The normalized spacial score (nSPS) is 21.7. The Kier molecular flexibility index (Phi) is 6.92. The van der Waals surface area contributed by atoms with E-state index in [0.717, 1.165) is 48.8 Å². The maximum Gasteiger partial charge on any atom is 0.262 e. The van der Waals surface area contributed by atoms with Crippen LogP contribution >= 0.6 is 23.5 Å². The van der Waals surface area contributed by atoms with Crippen LogP contribution in [0.3, 0.4) is 0 Å². The number of nitrogens with zero attached hydrogens (tertiary/aromatic N) is 2. The number of benzene rings is 2. The lowest BCUT2D eigenvalue weighted by Gasteiger charge is -2.25. The van der Waals surface area contributed by atoms with Crippen molar-refractivity contribution in [2.75, 3.05) is 24.2 Å². The van der Waals surface area contributed by atoms with Gasteiger partial charge in [0, 0.05) is 41.4 Å². The summed E-state index contributed by atoms with van der Waals surface area (Å²) in [4.78, 5) is 45.0. The number of anilines is 1. The van der Waals surface area contributed by atoms with Gasteiger partial charge < -0.3 is 15.5 Å². The number of fused-ring (bicyclic) bond motifs is 1. The molecule has 1 saturated heterocycles. The summed E-state index contributed by atoms with van der Waals surface area (Å²) in [5, 5.41) is 6.24. The Morgan fingerprint density at radius 3 is 2.62 bits per heavy atom. The summed E-state index contributed by atoms with van der Waals surface area (Å²) >= 11 is 3.20. The van der Waals surface area contributed by atoms with Gasteiger partial charge in [-0.3, -0.25) is 14.4 Å².